The van der Waals surface area contributed by atoms with Gasteiger partial charge in [0.05, 0.1) is 12.7 Å². The van der Waals surface area contributed by atoms with E-state index in [1.54, 1.807) is 18.2 Å². The summed E-state index contributed by atoms with van der Waals surface area (Å²) in [5, 5.41) is 10.0. The molecule has 1 heterocycles. The SMILES string of the molecule is COc1cccc(C(=O)N2CCCCCCC2)c1O. The van der Waals surface area contributed by atoms with E-state index in [4.69, 9.17) is 4.74 Å². The van der Waals surface area contributed by atoms with Crippen LogP contribution < -0.4 is 4.74 Å². The molecule has 0 atom stereocenters. The third-order valence-corrected chi connectivity index (χ3v) is 3.59. The van der Waals surface area contributed by atoms with Crippen LogP contribution in [-0.2, 0) is 0 Å². The number of likely N-dealkylation sites (tertiary alicyclic amines) is 1. The molecule has 0 aromatic heterocycles. The number of methoxy groups -OCH3 is 1. The van der Waals surface area contributed by atoms with Gasteiger partial charge in [0.25, 0.3) is 5.91 Å². The molecule has 0 aliphatic carbocycles. The third kappa shape index (κ3) is 3.19. The van der Waals surface area contributed by atoms with E-state index in [0.717, 1.165) is 25.9 Å². The standard InChI is InChI=1S/C15H21NO3/c1-19-13-9-7-8-12(14(13)17)15(18)16-10-5-3-2-4-6-11-16/h7-9,17H,2-6,10-11H2,1H3. The molecule has 1 amide bonds. The first kappa shape index (κ1) is 13.7. The van der Waals surface area contributed by atoms with Crippen molar-refractivity contribution >= 4 is 5.91 Å². The summed E-state index contributed by atoms with van der Waals surface area (Å²) < 4.78 is 5.05. The summed E-state index contributed by atoms with van der Waals surface area (Å²) in [5.41, 5.74) is 0.333. The quantitative estimate of drug-likeness (QED) is 0.892. The Hall–Kier alpha value is -1.71. The molecule has 19 heavy (non-hydrogen) atoms. The van der Waals surface area contributed by atoms with Gasteiger partial charge in [-0.1, -0.05) is 25.3 Å². The zero-order valence-electron chi connectivity index (χ0n) is 11.4. The molecule has 1 saturated heterocycles. The van der Waals surface area contributed by atoms with Crippen LogP contribution in [0.5, 0.6) is 11.5 Å². The molecular formula is C15H21NO3. The highest BCUT2D eigenvalue weighted by Crippen LogP contribution is 2.30. The summed E-state index contributed by atoms with van der Waals surface area (Å²) in [6.07, 6.45) is 5.68. The average molecular weight is 263 g/mol. The van der Waals surface area contributed by atoms with Gasteiger partial charge in [-0.2, -0.15) is 0 Å². The van der Waals surface area contributed by atoms with E-state index in [1.807, 2.05) is 4.90 Å². The van der Waals surface area contributed by atoms with Crippen LogP contribution in [0.15, 0.2) is 18.2 Å². The number of nitrogens with zero attached hydrogens (tertiary/aromatic N) is 1. The Bertz CT molecular complexity index is 437. The summed E-state index contributed by atoms with van der Waals surface area (Å²) in [7, 11) is 1.49. The van der Waals surface area contributed by atoms with Crippen LogP contribution in [0.25, 0.3) is 0 Å². The van der Waals surface area contributed by atoms with Crippen molar-refractivity contribution in [3.8, 4) is 11.5 Å². The van der Waals surface area contributed by atoms with Gasteiger partial charge in [-0.25, -0.2) is 0 Å². The minimum absolute atomic E-state index is 0.0583. The van der Waals surface area contributed by atoms with Crippen LogP contribution in [0.4, 0.5) is 0 Å². The number of rotatable bonds is 2. The summed E-state index contributed by atoms with van der Waals surface area (Å²) in [6.45, 7) is 1.55. The van der Waals surface area contributed by atoms with Gasteiger partial charge in [0.1, 0.15) is 0 Å². The molecule has 4 nitrogen and oxygen atoms in total. The molecule has 1 aliphatic heterocycles. The Morgan fingerprint density at radius 3 is 2.42 bits per heavy atom. The van der Waals surface area contributed by atoms with Gasteiger partial charge in [-0.05, 0) is 25.0 Å². The number of para-hydroxylation sites is 1. The Kier molecular flexibility index (Phi) is 4.66. The number of hydrogen-bond donors (Lipinski definition) is 1. The maximum atomic E-state index is 12.5. The smallest absolute Gasteiger partial charge is 0.257 e. The maximum absolute atomic E-state index is 12.5. The number of phenolic OH excluding ortho intramolecular Hbond substituents is 1. The number of ether oxygens (including phenoxy) is 1. The minimum atomic E-state index is -0.0988. The van der Waals surface area contributed by atoms with Gasteiger partial charge < -0.3 is 14.7 Å². The van der Waals surface area contributed by atoms with Crippen LogP contribution in [0.2, 0.25) is 0 Å². The highest BCUT2D eigenvalue weighted by Gasteiger charge is 2.21. The van der Waals surface area contributed by atoms with Crippen molar-refractivity contribution in [2.24, 2.45) is 0 Å². The molecule has 0 saturated carbocycles. The van der Waals surface area contributed by atoms with E-state index in [0.29, 0.717) is 11.3 Å². The van der Waals surface area contributed by atoms with Crippen molar-refractivity contribution in [1.82, 2.24) is 4.90 Å². The largest absolute Gasteiger partial charge is 0.504 e. The van der Waals surface area contributed by atoms with Crippen LogP contribution in [0, 0.1) is 0 Å². The first-order valence-electron chi connectivity index (χ1n) is 6.89. The molecule has 0 unspecified atom stereocenters. The summed E-state index contributed by atoms with van der Waals surface area (Å²) >= 11 is 0. The highest BCUT2D eigenvalue weighted by atomic mass is 16.5. The van der Waals surface area contributed by atoms with Gasteiger partial charge >= 0.3 is 0 Å². The molecule has 2 rings (SSSR count). The zero-order chi connectivity index (χ0) is 13.7. The average Bonchev–Trinajstić information content (AvgIpc) is 2.38. The lowest BCUT2D eigenvalue weighted by molar-refractivity contribution is 0.0738. The molecule has 0 spiro atoms. The fourth-order valence-corrected chi connectivity index (χ4v) is 2.48. The van der Waals surface area contributed by atoms with Gasteiger partial charge in [-0.3, -0.25) is 4.79 Å². The summed E-state index contributed by atoms with van der Waals surface area (Å²) in [6, 6.07) is 5.04. The molecule has 1 aromatic carbocycles. The van der Waals surface area contributed by atoms with Gasteiger partial charge in [-0.15, -0.1) is 0 Å². The van der Waals surface area contributed by atoms with E-state index in [9.17, 15) is 9.90 Å². The van der Waals surface area contributed by atoms with E-state index >= 15 is 0 Å². The molecule has 1 aromatic rings. The molecule has 1 aliphatic rings. The number of hydrogen-bond acceptors (Lipinski definition) is 3. The minimum Gasteiger partial charge on any atom is -0.504 e. The van der Waals surface area contributed by atoms with E-state index in [2.05, 4.69) is 0 Å². The predicted octanol–water partition coefficient (Wildman–Crippen LogP) is 2.81. The number of aromatic hydroxyl groups is 1. The molecule has 0 radical (unpaired) electrons. The van der Waals surface area contributed by atoms with Crippen molar-refractivity contribution < 1.29 is 14.6 Å². The summed E-state index contributed by atoms with van der Waals surface area (Å²) in [4.78, 5) is 14.3. The second kappa shape index (κ2) is 6.45. The lowest BCUT2D eigenvalue weighted by atomic mass is 10.1. The maximum Gasteiger partial charge on any atom is 0.257 e. The van der Waals surface area contributed by atoms with Crippen molar-refractivity contribution in [2.45, 2.75) is 32.1 Å². The molecule has 4 heteroatoms. The lowest BCUT2D eigenvalue weighted by Crippen LogP contribution is -2.33. The van der Waals surface area contributed by atoms with Gasteiger partial charge in [0.2, 0.25) is 0 Å². The second-order valence-electron chi connectivity index (χ2n) is 4.92. The van der Waals surface area contributed by atoms with Crippen LogP contribution in [-0.4, -0.2) is 36.1 Å². The molecule has 1 fully saturated rings. The van der Waals surface area contributed by atoms with Crippen LogP contribution in [0.1, 0.15) is 42.5 Å². The Morgan fingerprint density at radius 1 is 1.16 bits per heavy atom. The number of benzene rings is 1. The second-order valence-corrected chi connectivity index (χ2v) is 4.92. The first-order valence-corrected chi connectivity index (χ1v) is 6.89. The Balaban J connectivity index is 2.17. The number of phenols is 1. The highest BCUT2D eigenvalue weighted by molar-refractivity contribution is 5.97. The van der Waals surface area contributed by atoms with Gasteiger partial charge in [0.15, 0.2) is 11.5 Å². The number of amides is 1. The molecule has 1 N–H and O–H groups in total. The number of carbonyl (C=O) groups excluding carboxylic acids is 1. The normalized spacial score (nSPS) is 16.6. The summed E-state index contributed by atoms with van der Waals surface area (Å²) in [5.74, 6) is 0.188. The van der Waals surface area contributed by atoms with Crippen molar-refractivity contribution in [2.75, 3.05) is 20.2 Å². The topological polar surface area (TPSA) is 49.8 Å². The monoisotopic (exact) mass is 263 g/mol. The predicted molar refractivity (Wildman–Crippen MR) is 73.6 cm³/mol. The Morgan fingerprint density at radius 2 is 1.79 bits per heavy atom. The van der Waals surface area contributed by atoms with Crippen LogP contribution >= 0.6 is 0 Å². The van der Waals surface area contributed by atoms with Gasteiger partial charge in [0, 0.05) is 13.1 Å². The fraction of sp³-hybridized carbons (Fsp3) is 0.533. The zero-order valence-corrected chi connectivity index (χ0v) is 11.4. The molecule has 104 valence electrons. The van der Waals surface area contributed by atoms with Crippen molar-refractivity contribution in [3.63, 3.8) is 0 Å². The van der Waals surface area contributed by atoms with E-state index < -0.39 is 0 Å². The third-order valence-electron chi connectivity index (χ3n) is 3.59. The van der Waals surface area contributed by atoms with E-state index in [1.165, 1.54) is 26.4 Å². The fourth-order valence-electron chi connectivity index (χ4n) is 2.48. The number of carbonyl (C=O) groups is 1. The Labute approximate surface area is 114 Å². The lowest BCUT2D eigenvalue weighted by Gasteiger charge is -2.25. The first-order chi connectivity index (χ1) is 9.24. The molecular weight excluding hydrogens is 242 g/mol. The van der Waals surface area contributed by atoms with Crippen molar-refractivity contribution in [3.05, 3.63) is 23.8 Å². The van der Waals surface area contributed by atoms with E-state index in [-0.39, 0.29) is 11.7 Å². The van der Waals surface area contributed by atoms with Crippen molar-refractivity contribution in [1.29, 1.82) is 0 Å². The molecule has 0 bridgehead atoms. The van der Waals surface area contributed by atoms with Crippen LogP contribution in [0.3, 0.4) is 0 Å².